The van der Waals surface area contributed by atoms with Gasteiger partial charge in [0.25, 0.3) is 0 Å². The van der Waals surface area contributed by atoms with Gasteiger partial charge < -0.3 is 14.6 Å². The lowest BCUT2D eigenvalue weighted by atomic mass is 10.2. The minimum atomic E-state index is -0.142. The summed E-state index contributed by atoms with van der Waals surface area (Å²) in [5, 5.41) is 9.23. The molecule has 0 rings (SSSR count). The van der Waals surface area contributed by atoms with Crippen LogP contribution in [0.3, 0.4) is 0 Å². The van der Waals surface area contributed by atoms with Gasteiger partial charge in [0.2, 0.25) is 0 Å². The van der Waals surface area contributed by atoms with Gasteiger partial charge in [0.15, 0.2) is 0 Å². The number of rotatable bonds is 16. The van der Waals surface area contributed by atoms with E-state index in [1.165, 1.54) is 51.4 Å². The fraction of sp³-hybridized carbons (Fsp3) is 1.00. The predicted molar refractivity (Wildman–Crippen MR) is 85.2 cm³/mol. The quantitative estimate of drug-likeness (QED) is 0.430. The Kier molecular flexibility index (Phi) is 16.8. The van der Waals surface area contributed by atoms with Crippen molar-refractivity contribution in [1.82, 2.24) is 0 Å². The maximum absolute atomic E-state index is 9.23. The normalized spacial score (nSPS) is 12.8. The van der Waals surface area contributed by atoms with Crippen LogP contribution in [0.1, 0.15) is 78.1 Å². The van der Waals surface area contributed by atoms with E-state index in [-0.39, 0.29) is 12.7 Å². The monoisotopic (exact) mass is 288 g/mol. The summed E-state index contributed by atoms with van der Waals surface area (Å²) >= 11 is 0. The van der Waals surface area contributed by atoms with Crippen LogP contribution in [0.25, 0.3) is 0 Å². The molecule has 0 aromatic rings. The molecule has 0 saturated carbocycles. The summed E-state index contributed by atoms with van der Waals surface area (Å²) in [6, 6.07) is 0. The third-order valence-corrected chi connectivity index (χ3v) is 3.50. The zero-order chi connectivity index (χ0) is 14.9. The van der Waals surface area contributed by atoms with E-state index < -0.39 is 0 Å². The van der Waals surface area contributed by atoms with E-state index in [1.54, 1.807) is 0 Å². The van der Waals surface area contributed by atoms with Crippen LogP contribution in [-0.2, 0) is 9.47 Å². The fourth-order valence-electron chi connectivity index (χ4n) is 2.13. The van der Waals surface area contributed by atoms with Gasteiger partial charge in [-0.05, 0) is 12.8 Å². The summed E-state index contributed by atoms with van der Waals surface area (Å²) in [6.45, 7) is 6.57. The van der Waals surface area contributed by atoms with Crippen molar-refractivity contribution < 1.29 is 14.6 Å². The molecule has 1 N–H and O–H groups in total. The summed E-state index contributed by atoms with van der Waals surface area (Å²) in [5.41, 5.74) is 0. The average Bonchev–Trinajstić information content (AvgIpc) is 2.47. The minimum absolute atomic E-state index is 0.0603. The van der Waals surface area contributed by atoms with Gasteiger partial charge in [-0.3, -0.25) is 0 Å². The summed E-state index contributed by atoms with van der Waals surface area (Å²) < 4.78 is 11.2. The lowest BCUT2D eigenvalue weighted by molar-refractivity contribution is -0.0437. The Hall–Kier alpha value is -0.120. The molecular weight excluding hydrogens is 252 g/mol. The van der Waals surface area contributed by atoms with Crippen LogP contribution in [0.5, 0.6) is 0 Å². The van der Waals surface area contributed by atoms with Crippen LogP contribution < -0.4 is 0 Å². The van der Waals surface area contributed by atoms with Crippen molar-refractivity contribution >= 4 is 0 Å². The second-order valence-corrected chi connectivity index (χ2v) is 5.58. The number of hydrogen-bond donors (Lipinski definition) is 1. The van der Waals surface area contributed by atoms with Gasteiger partial charge in [-0.15, -0.1) is 0 Å². The van der Waals surface area contributed by atoms with Crippen molar-refractivity contribution in [3.63, 3.8) is 0 Å². The van der Waals surface area contributed by atoms with E-state index in [1.807, 2.05) is 0 Å². The first-order valence-electron chi connectivity index (χ1n) is 8.65. The molecule has 3 heteroatoms. The zero-order valence-electron chi connectivity index (χ0n) is 13.7. The van der Waals surface area contributed by atoms with Gasteiger partial charge in [-0.2, -0.15) is 0 Å². The summed E-state index contributed by atoms with van der Waals surface area (Å²) in [5.74, 6) is 0. The molecule has 0 aliphatic heterocycles. The van der Waals surface area contributed by atoms with Crippen molar-refractivity contribution in [2.75, 3.05) is 26.4 Å². The molecule has 20 heavy (non-hydrogen) atoms. The molecule has 3 nitrogen and oxygen atoms in total. The number of unbranched alkanes of at least 4 members (excludes halogenated alkanes) is 8. The molecule has 0 saturated heterocycles. The van der Waals surface area contributed by atoms with E-state index >= 15 is 0 Å². The Labute approximate surface area is 126 Å². The predicted octanol–water partition coefficient (Wildman–Crippen LogP) is 4.32. The highest BCUT2D eigenvalue weighted by Gasteiger charge is 2.07. The Bertz CT molecular complexity index is 174. The third-order valence-electron chi connectivity index (χ3n) is 3.50. The van der Waals surface area contributed by atoms with Crippen LogP contribution in [0, 0.1) is 0 Å². The SMILES string of the molecule is CCCCCCCOCC(CO)OCCCCCCC. The molecule has 1 atom stereocenters. The van der Waals surface area contributed by atoms with Crippen LogP contribution in [0.2, 0.25) is 0 Å². The van der Waals surface area contributed by atoms with E-state index in [4.69, 9.17) is 9.47 Å². The maximum atomic E-state index is 9.23. The van der Waals surface area contributed by atoms with Gasteiger partial charge in [-0.1, -0.05) is 65.2 Å². The highest BCUT2D eigenvalue weighted by atomic mass is 16.5. The fourth-order valence-corrected chi connectivity index (χ4v) is 2.13. The molecule has 0 aliphatic rings. The molecule has 0 aromatic carbocycles. The molecule has 0 fully saturated rings. The van der Waals surface area contributed by atoms with Crippen molar-refractivity contribution in [1.29, 1.82) is 0 Å². The molecule has 122 valence electrons. The summed E-state index contributed by atoms with van der Waals surface area (Å²) in [6.07, 6.45) is 12.3. The van der Waals surface area contributed by atoms with Gasteiger partial charge >= 0.3 is 0 Å². The molecule has 0 amide bonds. The van der Waals surface area contributed by atoms with Crippen molar-refractivity contribution in [3.8, 4) is 0 Å². The highest BCUT2D eigenvalue weighted by Crippen LogP contribution is 2.05. The highest BCUT2D eigenvalue weighted by molar-refractivity contribution is 4.54. The Morgan fingerprint density at radius 3 is 1.85 bits per heavy atom. The molecule has 0 radical (unpaired) electrons. The van der Waals surface area contributed by atoms with E-state index in [2.05, 4.69) is 13.8 Å². The summed E-state index contributed by atoms with van der Waals surface area (Å²) in [4.78, 5) is 0. The molecule has 0 bridgehead atoms. The maximum Gasteiger partial charge on any atom is 0.104 e. The number of hydrogen-bond acceptors (Lipinski definition) is 3. The van der Waals surface area contributed by atoms with Crippen LogP contribution in [0.4, 0.5) is 0 Å². The molecule has 1 unspecified atom stereocenters. The van der Waals surface area contributed by atoms with Gasteiger partial charge in [0, 0.05) is 13.2 Å². The number of ether oxygens (including phenoxy) is 2. The first-order valence-corrected chi connectivity index (χ1v) is 8.65. The Balaban J connectivity index is 3.29. The average molecular weight is 288 g/mol. The standard InChI is InChI=1S/C17H36O3/c1-3-5-7-9-11-13-19-16-17(15-18)20-14-12-10-8-6-4-2/h17-18H,3-16H2,1-2H3. The Morgan fingerprint density at radius 2 is 1.30 bits per heavy atom. The van der Waals surface area contributed by atoms with Gasteiger partial charge in [-0.25, -0.2) is 0 Å². The Morgan fingerprint density at radius 1 is 0.750 bits per heavy atom. The molecule has 0 spiro atoms. The largest absolute Gasteiger partial charge is 0.394 e. The van der Waals surface area contributed by atoms with Crippen LogP contribution in [-0.4, -0.2) is 37.6 Å². The smallest absolute Gasteiger partial charge is 0.104 e. The molecule has 0 aromatic heterocycles. The first-order chi connectivity index (χ1) is 9.85. The number of aliphatic hydroxyl groups is 1. The van der Waals surface area contributed by atoms with Crippen LogP contribution >= 0.6 is 0 Å². The number of aliphatic hydroxyl groups excluding tert-OH is 1. The van der Waals surface area contributed by atoms with Crippen molar-refractivity contribution in [3.05, 3.63) is 0 Å². The van der Waals surface area contributed by atoms with E-state index in [0.717, 1.165) is 26.1 Å². The van der Waals surface area contributed by atoms with E-state index in [0.29, 0.717) is 6.61 Å². The third kappa shape index (κ3) is 14.3. The topological polar surface area (TPSA) is 38.7 Å². The van der Waals surface area contributed by atoms with Crippen molar-refractivity contribution in [2.45, 2.75) is 84.2 Å². The molecule has 0 aliphatic carbocycles. The molecular formula is C17H36O3. The lowest BCUT2D eigenvalue weighted by Gasteiger charge is -2.15. The van der Waals surface area contributed by atoms with E-state index in [9.17, 15) is 5.11 Å². The second kappa shape index (κ2) is 16.9. The first kappa shape index (κ1) is 19.9. The molecule has 0 heterocycles. The minimum Gasteiger partial charge on any atom is -0.394 e. The van der Waals surface area contributed by atoms with Crippen LogP contribution in [0.15, 0.2) is 0 Å². The lowest BCUT2D eigenvalue weighted by Crippen LogP contribution is -2.24. The van der Waals surface area contributed by atoms with Crippen molar-refractivity contribution in [2.24, 2.45) is 0 Å². The van der Waals surface area contributed by atoms with Gasteiger partial charge in [0.05, 0.1) is 13.2 Å². The zero-order valence-corrected chi connectivity index (χ0v) is 13.7. The second-order valence-electron chi connectivity index (χ2n) is 5.58. The summed E-state index contributed by atoms with van der Waals surface area (Å²) in [7, 11) is 0. The van der Waals surface area contributed by atoms with Gasteiger partial charge in [0.1, 0.15) is 6.10 Å².